The summed E-state index contributed by atoms with van der Waals surface area (Å²) in [7, 11) is 1.82. The Hall–Kier alpha value is -1.81. The quantitative estimate of drug-likeness (QED) is 0.791. The Morgan fingerprint density at radius 1 is 1.39 bits per heavy atom. The van der Waals surface area contributed by atoms with Crippen LogP contribution >= 0.6 is 11.6 Å². The monoisotopic (exact) mass is 261 g/mol. The molecule has 0 spiro atoms. The zero-order valence-electron chi connectivity index (χ0n) is 10.1. The van der Waals surface area contributed by atoms with Gasteiger partial charge in [-0.1, -0.05) is 11.6 Å². The standard InChI is InChI=1S/C13H12ClN3O/c1-8-5-9-10(11(14)6-8)7-17(13(9)18)12-3-4-15-16(12)2/h3-6H,7H2,1-2H3. The number of nitrogens with zero attached hydrogens (tertiary/aromatic N) is 3. The van der Waals surface area contributed by atoms with Gasteiger partial charge >= 0.3 is 0 Å². The van der Waals surface area contributed by atoms with Crippen molar-refractivity contribution in [3.05, 3.63) is 46.1 Å². The van der Waals surface area contributed by atoms with Crippen LogP contribution < -0.4 is 4.90 Å². The summed E-state index contributed by atoms with van der Waals surface area (Å²) in [6.45, 7) is 2.44. The zero-order valence-corrected chi connectivity index (χ0v) is 10.9. The summed E-state index contributed by atoms with van der Waals surface area (Å²) in [5, 5.41) is 4.74. The summed E-state index contributed by atoms with van der Waals surface area (Å²) >= 11 is 6.21. The van der Waals surface area contributed by atoms with Crippen molar-refractivity contribution in [1.29, 1.82) is 0 Å². The predicted octanol–water partition coefficient (Wildman–Crippen LogP) is 2.54. The van der Waals surface area contributed by atoms with Crippen LogP contribution in [0.15, 0.2) is 24.4 Å². The Morgan fingerprint density at radius 2 is 2.17 bits per heavy atom. The van der Waals surface area contributed by atoms with Crippen LogP contribution in [0.25, 0.3) is 0 Å². The molecular formula is C13H12ClN3O. The molecule has 2 heterocycles. The molecule has 3 rings (SSSR count). The molecule has 0 saturated heterocycles. The van der Waals surface area contributed by atoms with Gasteiger partial charge in [0.15, 0.2) is 0 Å². The first-order valence-electron chi connectivity index (χ1n) is 5.67. The molecule has 0 unspecified atom stereocenters. The third kappa shape index (κ3) is 1.53. The van der Waals surface area contributed by atoms with Crippen molar-refractivity contribution < 1.29 is 4.79 Å². The van der Waals surface area contributed by atoms with Gasteiger partial charge in [-0.05, 0) is 24.6 Å². The number of rotatable bonds is 1. The van der Waals surface area contributed by atoms with E-state index >= 15 is 0 Å². The maximum absolute atomic E-state index is 12.4. The van der Waals surface area contributed by atoms with Crippen molar-refractivity contribution in [3.8, 4) is 0 Å². The lowest BCUT2D eigenvalue weighted by atomic mass is 10.1. The summed E-state index contributed by atoms with van der Waals surface area (Å²) < 4.78 is 1.69. The Morgan fingerprint density at radius 3 is 2.83 bits per heavy atom. The van der Waals surface area contributed by atoms with Gasteiger partial charge in [-0.2, -0.15) is 5.10 Å². The number of hydrogen-bond acceptors (Lipinski definition) is 2. The van der Waals surface area contributed by atoms with E-state index in [1.54, 1.807) is 15.8 Å². The van der Waals surface area contributed by atoms with E-state index in [9.17, 15) is 4.79 Å². The topological polar surface area (TPSA) is 38.1 Å². The highest BCUT2D eigenvalue weighted by molar-refractivity contribution is 6.32. The minimum Gasteiger partial charge on any atom is -0.288 e. The van der Waals surface area contributed by atoms with Crippen molar-refractivity contribution in [3.63, 3.8) is 0 Å². The van der Waals surface area contributed by atoms with Crippen LogP contribution in [0.5, 0.6) is 0 Å². The fourth-order valence-corrected chi connectivity index (χ4v) is 2.65. The molecule has 0 bridgehead atoms. The average molecular weight is 262 g/mol. The van der Waals surface area contributed by atoms with Crippen molar-refractivity contribution in [1.82, 2.24) is 9.78 Å². The smallest absolute Gasteiger partial charge is 0.260 e. The fraction of sp³-hybridized carbons (Fsp3) is 0.231. The molecule has 1 aromatic carbocycles. The third-order valence-corrected chi connectivity index (χ3v) is 3.54. The van der Waals surface area contributed by atoms with E-state index in [4.69, 9.17) is 11.6 Å². The van der Waals surface area contributed by atoms with E-state index in [1.807, 2.05) is 32.2 Å². The number of aromatic nitrogens is 2. The van der Waals surface area contributed by atoms with Crippen molar-refractivity contribution in [2.75, 3.05) is 4.90 Å². The Bertz CT molecular complexity index is 648. The number of carbonyl (C=O) groups excluding carboxylic acids is 1. The molecule has 1 aromatic heterocycles. The van der Waals surface area contributed by atoms with E-state index in [-0.39, 0.29) is 5.91 Å². The van der Waals surface area contributed by atoms with Gasteiger partial charge in [0.25, 0.3) is 5.91 Å². The normalized spacial score (nSPS) is 14.2. The van der Waals surface area contributed by atoms with E-state index in [1.165, 1.54) is 0 Å². The molecule has 1 amide bonds. The first-order valence-corrected chi connectivity index (χ1v) is 6.04. The molecular weight excluding hydrogens is 250 g/mol. The number of aryl methyl sites for hydroxylation is 2. The number of halogens is 1. The minimum atomic E-state index is -0.0146. The molecule has 18 heavy (non-hydrogen) atoms. The Kier molecular flexibility index (Phi) is 2.41. The Labute approximate surface area is 110 Å². The van der Waals surface area contributed by atoms with Gasteiger partial charge < -0.3 is 0 Å². The van der Waals surface area contributed by atoms with Gasteiger partial charge in [0, 0.05) is 29.3 Å². The number of anilines is 1. The second-order valence-corrected chi connectivity index (χ2v) is 4.88. The van der Waals surface area contributed by atoms with Gasteiger partial charge in [0.1, 0.15) is 5.82 Å². The van der Waals surface area contributed by atoms with E-state index in [2.05, 4.69) is 5.10 Å². The molecule has 2 aromatic rings. The molecule has 1 aliphatic heterocycles. The minimum absolute atomic E-state index is 0.0146. The predicted molar refractivity (Wildman–Crippen MR) is 69.9 cm³/mol. The van der Waals surface area contributed by atoms with Crippen molar-refractivity contribution in [2.45, 2.75) is 13.5 Å². The highest BCUT2D eigenvalue weighted by atomic mass is 35.5. The van der Waals surface area contributed by atoms with Crippen LogP contribution in [-0.2, 0) is 13.6 Å². The first-order chi connectivity index (χ1) is 8.58. The second-order valence-electron chi connectivity index (χ2n) is 4.48. The summed E-state index contributed by atoms with van der Waals surface area (Å²) in [6, 6.07) is 5.60. The lowest BCUT2D eigenvalue weighted by Gasteiger charge is -2.15. The van der Waals surface area contributed by atoms with Crippen LogP contribution in [-0.4, -0.2) is 15.7 Å². The summed E-state index contributed by atoms with van der Waals surface area (Å²) in [6.07, 6.45) is 1.68. The number of carbonyl (C=O) groups is 1. The maximum atomic E-state index is 12.4. The fourth-order valence-electron chi connectivity index (χ4n) is 2.32. The highest BCUT2D eigenvalue weighted by Gasteiger charge is 2.31. The van der Waals surface area contributed by atoms with E-state index in [0.29, 0.717) is 17.1 Å². The summed E-state index contributed by atoms with van der Waals surface area (Å²) in [5.41, 5.74) is 2.59. The molecule has 0 radical (unpaired) electrons. The zero-order chi connectivity index (χ0) is 12.9. The van der Waals surface area contributed by atoms with Crippen LogP contribution in [0, 0.1) is 6.92 Å². The Balaban J connectivity index is 2.10. The van der Waals surface area contributed by atoms with E-state index in [0.717, 1.165) is 16.9 Å². The lowest BCUT2D eigenvalue weighted by Crippen LogP contribution is -2.25. The second kappa shape index (κ2) is 3.85. The SMILES string of the molecule is Cc1cc(Cl)c2c(c1)C(=O)N(c1ccnn1C)C2. The molecule has 0 N–H and O–H groups in total. The molecule has 5 heteroatoms. The third-order valence-electron chi connectivity index (χ3n) is 3.20. The van der Waals surface area contributed by atoms with Gasteiger partial charge in [0.2, 0.25) is 0 Å². The first kappa shape index (κ1) is 11.3. The van der Waals surface area contributed by atoms with Crippen molar-refractivity contribution >= 4 is 23.3 Å². The van der Waals surface area contributed by atoms with Crippen LogP contribution in [0.3, 0.4) is 0 Å². The van der Waals surface area contributed by atoms with Crippen LogP contribution in [0.4, 0.5) is 5.82 Å². The van der Waals surface area contributed by atoms with Crippen molar-refractivity contribution in [2.24, 2.45) is 7.05 Å². The largest absolute Gasteiger partial charge is 0.288 e. The number of fused-ring (bicyclic) bond motifs is 1. The van der Waals surface area contributed by atoms with Crippen LogP contribution in [0.2, 0.25) is 5.02 Å². The molecule has 4 nitrogen and oxygen atoms in total. The number of hydrogen-bond donors (Lipinski definition) is 0. The molecule has 0 saturated carbocycles. The summed E-state index contributed by atoms with van der Waals surface area (Å²) in [5.74, 6) is 0.768. The molecule has 92 valence electrons. The van der Waals surface area contributed by atoms with Gasteiger partial charge in [-0.3, -0.25) is 14.4 Å². The van der Waals surface area contributed by atoms with Gasteiger partial charge in [0.05, 0.1) is 12.7 Å². The molecule has 0 fully saturated rings. The summed E-state index contributed by atoms with van der Waals surface area (Å²) in [4.78, 5) is 14.1. The average Bonchev–Trinajstić information content (AvgIpc) is 2.85. The molecule has 1 aliphatic rings. The van der Waals surface area contributed by atoms with E-state index < -0.39 is 0 Å². The van der Waals surface area contributed by atoms with Gasteiger partial charge in [-0.25, -0.2) is 0 Å². The molecule has 0 aliphatic carbocycles. The highest BCUT2D eigenvalue weighted by Crippen LogP contribution is 2.33. The number of amides is 1. The van der Waals surface area contributed by atoms with Crippen LogP contribution in [0.1, 0.15) is 21.5 Å². The molecule has 0 atom stereocenters. The number of benzene rings is 1. The maximum Gasteiger partial charge on any atom is 0.260 e. The van der Waals surface area contributed by atoms with Gasteiger partial charge in [-0.15, -0.1) is 0 Å². The lowest BCUT2D eigenvalue weighted by molar-refractivity contribution is 0.0995.